The molecule has 0 fully saturated rings. The quantitative estimate of drug-likeness (QED) is 0.0198. The number of esters is 2. The molecule has 8 nitrogen and oxygen atoms in total. The van der Waals surface area contributed by atoms with Crippen LogP contribution in [0.1, 0.15) is 168 Å². The summed E-state index contributed by atoms with van der Waals surface area (Å²) in [5.74, 6) is -1.83. The Hall–Kier alpha value is -4.01. The number of carbonyl (C=O) groups excluding carboxylic acids is 3. The molecule has 0 aromatic rings. The number of hydrogen-bond acceptors (Lipinski definition) is 7. The summed E-state index contributed by atoms with van der Waals surface area (Å²) in [5.41, 5.74) is 0. The molecule has 0 N–H and O–H groups in total. The Morgan fingerprint density at radius 2 is 0.952 bits per heavy atom. The smallest absolute Gasteiger partial charge is 0.306 e. The number of carboxylic acids is 1. The fourth-order valence-corrected chi connectivity index (χ4v) is 6.43. The first kappa shape index (κ1) is 59.0. The first-order valence-corrected chi connectivity index (χ1v) is 24.4. The number of aliphatic carboxylic acids is 1. The third-order valence-electron chi connectivity index (χ3n) is 10.2. The second-order valence-electron chi connectivity index (χ2n) is 17.0. The maximum Gasteiger partial charge on any atom is 0.306 e. The number of unbranched alkanes of at least 4 members (excludes halogenated alkanes) is 12. The Morgan fingerprint density at radius 1 is 0.508 bits per heavy atom. The van der Waals surface area contributed by atoms with E-state index >= 15 is 0 Å². The van der Waals surface area contributed by atoms with Crippen molar-refractivity contribution in [3.05, 3.63) is 109 Å². The molecule has 0 spiro atoms. The van der Waals surface area contributed by atoms with E-state index in [0.29, 0.717) is 12.8 Å². The van der Waals surface area contributed by atoms with Gasteiger partial charge in [-0.15, -0.1) is 0 Å². The van der Waals surface area contributed by atoms with E-state index in [-0.39, 0.29) is 49.1 Å². The molecule has 0 bridgehead atoms. The van der Waals surface area contributed by atoms with E-state index in [4.69, 9.17) is 14.2 Å². The number of nitrogens with zero attached hydrogens (tertiary/aromatic N) is 1. The summed E-state index contributed by atoms with van der Waals surface area (Å²) in [6, 6.07) is -0.745. The standard InChI is InChI=1S/C55H89NO7/c1-6-8-10-12-14-16-18-20-22-24-26-27-28-30-32-34-36-38-40-42-44-46-54(58)63-51(49-61-48-47-52(55(59)60)56(3,4)5)50-62-53(57)45-43-41-39-37-35-33-31-29-25-23-21-19-17-15-13-11-9-7-2/h8,10,14,16,19-23,25-27,29-32,36,38,51-52H,6-7,9,11-13,15,17-18,24,28,33-35,37,39-50H2,1-5H3/b10-8+,16-14+,21-19+,22-20+,25-23+,27-26+,31-29+,32-30+,38-36+. The zero-order valence-electron chi connectivity index (χ0n) is 40.4. The van der Waals surface area contributed by atoms with Crippen LogP contribution in [0, 0.1) is 0 Å². The van der Waals surface area contributed by atoms with Gasteiger partial charge in [-0.3, -0.25) is 9.59 Å². The molecule has 2 atom stereocenters. The van der Waals surface area contributed by atoms with Gasteiger partial charge in [0.05, 0.1) is 40.3 Å². The maximum absolute atomic E-state index is 12.8. The highest BCUT2D eigenvalue weighted by molar-refractivity contribution is 5.70. The van der Waals surface area contributed by atoms with Gasteiger partial charge in [0.2, 0.25) is 0 Å². The van der Waals surface area contributed by atoms with Gasteiger partial charge in [-0.05, 0) is 89.9 Å². The highest BCUT2D eigenvalue weighted by Gasteiger charge is 2.25. The minimum atomic E-state index is -1.14. The van der Waals surface area contributed by atoms with Crippen LogP contribution in [-0.4, -0.2) is 75.5 Å². The lowest BCUT2D eigenvalue weighted by molar-refractivity contribution is -0.889. The van der Waals surface area contributed by atoms with Crippen molar-refractivity contribution < 1.29 is 38.2 Å². The minimum Gasteiger partial charge on any atom is -0.544 e. The third-order valence-corrected chi connectivity index (χ3v) is 10.2. The Balaban J connectivity index is 4.45. The molecule has 0 aliphatic carbocycles. The average Bonchev–Trinajstić information content (AvgIpc) is 3.24. The second kappa shape index (κ2) is 44.6. The van der Waals surface area contributed by atoms with Crippen LogP contribution < -0.4 is 5.11 Å². The highest BCUT2D eigenvalue weighted by atomic mass is 16.6. The van der Waals surface area contributed by atoms with Crippen LogP contribution in [0.15, 0.2) is 109 Å². The normalized spacial score (nSPS) is 13.9. The molecule has 0 aromatic carbocycles. The molecule has 0 saturated heterocycles. The van der Waals surface area contributed by atoms with E-state index in [1.54, 1.807) is 21.1 Å². The van der Waals surface area contributed by atoms with Crippen molar-refractivity contribution in [2.75, 3.05) is 41.0 Å². The molecule has 0 heterocycles. The van der Waals surface area contributed by atoms with Crippen LogP contribution in [0.2, 0.25) is 0 Å². The molecule has 63 heavy (non-hydrogen) atoms. The van der Waals surface area contributed by atoms with Gasteiger partial charge in [-0.2, -0.15) is 0 Å². The number of ether oxygens (including phenoxy) is 3. The first-order chi connectivity index (χ1) is 30.6. The van der Waals surface area contributed by atoms with Crippen molar-refractivity contribution in [2.45, 2.75) is 180 Å². The molecule has 0 aliphatic rings. The van der Waals surface area contributed by atoms with Gasteiger partial charge in [0.25, 0.3) is 0 Å². The van der Waals surface area contributed by atoms with Crippen molar-refractivity contribution >= 4 is 17.9 Å². The van der Waals surface area contributed by atoms with Gasteiger partial charge in [0.1, 0.15) is 12.6 Å². The topological polar surface area (TPSA) is 102 Å². The lowest BCUT2D eigenvalue weighted by Gasteiger charge is -2.34. The first-order valence-electron chi connectivity index (χ1n) is 24.4. The molecular weight excluding hydrogens is 787 g/mol. The van der Waals surface area contributed by atoms with E-state index in [1.165, 1.54) is 32.1 Å². The molecule has 8 heteroatoms. The van der Waals surface area contributed by atoms with Crippen LogP contribution in [0.25, 0.3) is 0 Å². The van der Waals surface area contributed by atoms with E-state index in [9.17, 15) is 19.5 Å². The summed E-state index contributed by atoms with van der Waals surface area (Å²) in [6.07, 6.45) is 61.2. The number of quaternary nitrogens is 1. The van der Waals surface area contributed by atoms with Gasteiger partial charge in [-0.1, -0.05) is 168 Å². The molecule has 0 amide bonds. The predicted molar refractivity (Wildman–Crippen MR) is 263 cm³/mol. The number of allylic oxidation sites excluding steroid dienone is 18. The van der Waals surface area contributed by atoms with E-state index < -0.39 is 18.1 Å². The number of hydrogen-bond donors (Lipinski definition) is 0. The van der Waals surface area contributed by atoms with Crippen LogP contribution in [0.4, 0.5) is 0 Å². The van der Waals surface area contributed by atoms with Gasteiger partial charge >= 0.3 is 11.9 Å². The maximum atomic E-state index is 12.8. The Labute approximate surface area is 385 Å². The van der Waals surface area contributed by atoms with E-state index in [0.717, 1.165) is 96.3 Å². The number of likely N-dealkylation sites (N-methyl/N-ethyl adjacent to an activating group) is 1. The van der Waals surface area contributed by atoms with Crippen molar-refractivity contribution in [1.82, 2.24) is 0 Å². The number of carbonyl (C=O) groups is 3. The van der Waals surface area contributed by atoms with Gasteiger partial charge in [-0.25, -0.2) is 0 Å². The van der Waals surface area contributed by atoms with Crippen LogP contribution in [0.3, 0.4) is 0 Å². The number of carboxylic acid groups (broad SMARTS) is 1. The van der Waals surface area contributed by atoms with E-state index in [1.807, 2.05) is 0 Å². The zero-order chi connectivity index (χ0) is 46.3. The predicted octanol–water partition coefficient (Wildman–Crippen LogP) is 12.7. The molecule has 0 radical (unpaired) electrons. The summed E-state index contributed by atoms with van der Waals surface area (Å²) in [7, 11) is 5.38. The SMILES string of the molecule is CC/C=C/C/C=C/C/C=C/C/C=C/C/C=C/C/C=C/CCCCC(=O)OC(COCCC(C(=O)[O-])[N+](C)(C)C)COC(=O)CCCCCCC/C=C/C=C/C=C/CCCCCCC. The Bertz CT molecular complexity index is 1390. The minimum absolute atomic E-state index is 0.00853. The van der Waals surface area contributed by atoms with Gasteiger partial charge in [0, 0.05) is 19.3 Å². The summed E-state index contributed by atoms with van der Waals surface area (Å²) in [6.45, 7) is 4.45. The summed E-state index contributed by atoms with van der Waals surface area (Å²) < 4.78 is 17.1. The zero-order valence-corrected chi connectivity index (χ0v) is 40.4. The molecule has 0 saturated carbocycles. The molecule has 0 aromatic heterocycles. The van der Waals surface area contributed by atoms with Crippen LogP contribution in [-0.2, 0) is 28.6 Å². The van der Waals surface area contributed by atoms with E-state index in [2.05, 4.69) is 123 Å². The third kappa shape index (κ3) is 43.0. The average molecular weight is 876 g/mol. The highest BCUT2D eigenvalue weighted by Crippen LogP contribution is 2.12. The fourth-order valence-electron chi connectivity index (χ4n) is 6.43. The molecule has 0 aliphatic heterocycles. The molecule has 2 unspecified atom stereocenters. The lowest BCUT2D eigenvalue weighted by atomic mass is 10.1. The van der Waals surface area contributed by atoms with Crippen molar-refractivity contribution in [1.29, 1.82) is 0 Å². The monoisotopic (exact) mass is 876 g/mol. The Morgan fingerprint density at radius 3 is 1.48 bits per heavy atom. The van der Waals surface area contributed by atoms with Crippen LogP contribution in [0.5, 0.6) is 0 Å². The van der Waals surface area contributed by atoms with Crippen molar-refractivity contribution in [3.63, 3.8) is 0 Å². The molecule has 0 rings (SSSR count). The van der Waals surface area contributed by atoms with Crippen LogP contribution >= 0.6 is 0 Å². The fraction of sp³-hybridized carbons (Fsp3) is 0.618. The molecular formula is C55H89NO7. The molecule has 356 valence electrons. The van der Waals surface area contributed by atoms with Gasteiger partial charge < -0.3 is 28.6 Å². The summed E-state index contributed by atoms with van der Waals surface area (Å²) >= 11 is 0. The van der Waals surface area contributed by atoms with Crippen molar-refractivity contribution in [3.8, 4) is 0 Å². The lowest BCUT2D eigenvalue weighted by Crippen LogP contribution is -2.55. The summed E-state index contributed by atoms with van der Waals surface area (Å²) in [4.78, 5) is 37.0. The summed E-state index contributed by atoms with van der Waals surface area (Å²) in [5, 5.41) is 11.7. The van der Waals surface area contributed by atoms with Crippen molar-refractivity contribution in [2.24, 2.45) is 0 Å². The second-order valence-corrected chi connectivity index (χ2v) is 17.0. The number of rotatable bonds is 42. The van der Waals surface area contributed by atoms with Gasteiger partial charge in [0.15, 0.2) is 6.10 Å². The Kier molecular flexibility index (Phi) is 41.8. The largest absolute Gasteiger partial charge is 0.544 e.